The quantitative estimate of drug-likeness (QED) is 0.747. The van der Waals surface area contributed by atoms with Gasteiger partial charge < -0.3 is 10.2 Å². The third kappa shape index (κ3) is 3.63. The Morgan fingerprint density at radius 1 is 1.04 bits per heavy atom. The highest BCUT2D eigenvalue weighted by Gasteiger charge is 2.09. The molecule has 0 atom stereocenters. The number of anilines is 1. The smallest absolute Gasteiger partial charge is 0.0745 e. The molecule has 0 aliphatic rings. The molecule has 3 aromatic rings. The molecule has 0 aliphatic carbocycles. The Bertz CT molecular complexity index is 815. The minimum Gasteiger partial charge on any atom is -0.383 e. The third-order valence-electron chi connectivity index (χ3n) is 3.74. The first-order chi connectivity index (χ1) is 11.1. The number of hydrogen-bond donors (Lipinski definition) is 1. The standard InChI is InChI=1S/C19H20ClN3/c1-23(2)12-11-21-18-13-19(14-7-3-5-9-16(14)20)22-17-10-6-4-8-15(17)18/h3-10,13H,11-12H2,1-2H3,(H,21,22). The van der Waals surface area contributed by atoms with Gasteiger partial charge in [0.1, 0.15) is 0 Å². The Balaban J connectivity index is 2.05. The van der Waals surface area contributed by atoms with Crippen LogP contribution in [0.2, 0.25) is 5.02 Å². The van der Waals surface area contributed by atoms with E-state index in [-0.39, 0.29) is 0 Å². The number of benzene rings is 2. The fourth-order valence-electron chi connectivity index (χ4n) is 2.54. The number of halogens is 1. The van der Waals surface area contributed by atoms with Gasteiger partial charge in [-0.25, -0.2) is 4.98 Å². The zero-order valence-electron chi connectivity index (χ0n) is 13.4. The summed E-state index contributed by atoms with van der Waals surface area (Å²) in [5.41, 5.74) is 3.90. The molecular weight excluding hydrogens is 306 g/mol. The Hall–Kier alpha value is -2.10. The highest BCUT2D eigenvalue weighted by Crippen LogP contribution is 2.31. The Morgan fingerprint density at radius 2 is 1.78 bits per heavy atom. The van der Waals surface area contributed by atoms with Crippen molar-refractivity contribution in [3.63, 3.8) is 0 Å². The number of fused-ring (bicyclic) bond motifs is 1. The van der Waals surface area contributed by atoms with E-state index in [0.29, 0.717) is 0 Å². The van der Waals surface area contributed by atoms with Crippen LogP contribution in [-0.2, 0) is 0 Å². The van der Waals surface area contributed by atoms with E-state index in [4.69, 9.17) is 16.6 Å². The Morgan fingerprint density at radius 3 is 2.57 bits per heavy atom. The Labute approximate surface area is 141 Å². The predicted octanol–water partition coefficient (Wildman–Crippen LogP) is 4.53. The average molecular weight is 326 g/mol. The molecule has 4 heteroatoms. The van der Waals surface area contributed by atoms with Crippen molar-refractivity contribution >= 4 is 28.2 Å². The minimum absolute atomic E-state index is 0.717. The van der Waals surface area contributed by atoms with Crippen molar-refractivity contribution in [2.75, 3.05) is 32.5 Å². The molecule has 23 heavy (non-hydrogen) atoms. The van der Waals surface area contributed by atoms with Crippen LogP contribution in [-0.4, -0.2) is 37.1 Å². The van der Waals surface area contributed by atoms with Gasteiger partial charge in [0, 0.05) is 34.7 Å². The maximum atomic E-state index is 6.34. The molecule has 0 amide bonds. The maximum absolute atomic E-state index is 6.34. The van der Waals surface area contributed by atoms with E-state index in [1.54, 1.807) is 0 Å². The molecule has 118 valence electrons. The largest absolute Gasteiger partial charge is 0.383 e. The van der Waals surface area contributed by atoms with Gasteiger partial charge in [-0.15, -0.1) is 0 Å². The van der Waals surface area contributed by atoms with Crippen LogP contribution in [0, 0.1) is 0 Å². The van der Waals surface area contributed by atoms with E-state index in [2.05, 4.69) is 36.4 Å². The molecule has 0 spiro atoms. The van der Waals surface area contributed by atoms with Crippen molar-refractivity contribution in [1.29, 1.82) is 0 Å². The molecule has 1 heterocycles. The van der Waals surface area contributed by atoms with Gasteiger partial charge in [-0.2, -0.15) is 0 Å². The van der Waals surface area contributed by atoms with Gasteiger partial charge in [-0.3, -0.25) is 0 Å². The summed E-state index contributed by atoms with van der Waals surface area (Å²) < 4.78 is 0. The summed E-state index contributed by atoms with van der Waals surface area (Å²) in [5.74, 6) is 0. The van der Waals surface area contributed by atoms with E-state index < -0.39 is 0 Å². The number of aromatic nitrogens is 1. The van der Waals surface area contributed by atoms with E-state index in [9.17, 15) is 0 Å². The molecule has 0 saturated carbocycles. The van der Waals surface area contributed by atoms with Crippen LogP contribution in [0.1, 0.15) is 0 Å². The average Bonchev–Trinajstić information content (AvgIpc) is 2.54. The van der Waals surface area contributed by atoms with Crippen molar-refractivity contribution in [1.82, 2.24) is 9.88 Å². The van der Waals surface area contributed by atoms with Gasteiger partial charge in [0.05, 0.1) is 11.2 Å². The molecule has 1 aromatic heterocycles. The maximum Gasteiger partial charge on any atom is 0.0745 e. The second-order valence-corrected chi connectivity index (χ2v) is 6.19. The number of rotatable bonds is 5. The molecule has 0 fully saturated rings. The first-order valence-electron chi connectivity index (χ1n) is 7.68. The summed E-state index contributed by atoms with van der Waals surface area (Å²) in [6.07, 6.45) is 0. The van der Waals surface area contributed by atoms with Crippen molar-refractivity contribution < 1.29 is 0 Å². The lowest BCUT2D eigenvalue weighted by molar-refractivity contribution is 0.425. The Kier molecular flexibility index (Phi) is 4.79. The summed E-state index contributed by atoms with van der Waals surface area (Å²) in [7, 11) is 4.14. The summed E-state index contributed by atoms with van der Waals surface area (Å²) in [6.45, 7) is 1.85. The van der Waals surface area contributed by atoms with Crippen molar-refractivity contribution in [3.05, 3.63) is 59.6 Å². The van der Waals surface area contributed by atoms with Crippen molar-refractivity contribution in [2.45, 2.75) is 0 Å². The number of pyridine rings is 1. The molecule has 0 aliphatic heterocycles. The van der Waals surface area contributed by atoms with Crippen LogP contribution < -0.4 is 5.32 Å². The SMILES string of the molecule is CN(C)CCNc1cc(-c2ccccc2Cl)nc2ccccc12. The highest BCUT2D eigenvalue weighted by molar-refractivity contribution is 6.33. The minimum atomic E-state index is 0.717. The van der Waals surface area contributed by atoms with Gasteiger partial charge in [-0.1, -0.05) is 48.0 Å². The topological polar surface area (TPSA) is 28.2 Å². The zero-order chi connectivity index (χ0) is 16.2. The zero-order valence-corrected chi connectivity index (χ0v) is 14.1. The third-order valence-corrected chi connectivity index (χ3v) is 4.07. The van der Waals surface area contributed by atoms with E-state index >= 15 is 0 Å². The highest BCUT2D eigenvalue weighted by atomic mass is 35.5. The lowest BCUT2D eigenvalue weighted by Crippen LogP contribution is -2.20. The number of hydrogen-bond acceptors (Lipinski definition) is 3. The molecule has 0 radical (unpaired) electrons. The summed E-state index contributed by atoms with van der Waals surface area (Å²) >= 11 is 6.34. The van der Waals surface area contributed by atoms with Crippen LogP contribution >= 0.6 is 11.6 Å². The molecule has 0 bridgehead atoms. The van der Waals surface area contributed by atoms with Gasteiger partial charge >= 0.3 is 0 Å². The fourth-order valence-corrected chi connectivity index (χ4v) is 2.78. The van der Waals surface area contributed by atoms with Crippen LogP contribution in [0.3, 0.4) is 0 Å². The summed E-state index contributed by atoms with van der Waals surface area (Å²) in [4.78, 5) is 6.93. The van der Waals surface area contributed by atoms with E-state index in [1.165, 1.54) is 0 Å². The number of nitrogens with one attached hydrogen (secondary N) is 1. The van der Waals surface area contributed by atoms with Crippen molar-refractivity contribution in [3.8, 4) is 11.3 Å². The summed E-state index contributed by atoms with van der Waals surface area (Å²) in [6, 6.07) is 18.1. The van der Waals surface area contributed by atoms with Crippen molar-refractivity contribution in [2.24, 2.45) is 0 Å². The fraction of sp³-hybridized carbons (Fsp3) is 0.211. The van der Waals surface area contributed by atoms with Gasteiger partial charge in [-0.05, 0) is 32.3 Å². The predicted molar refractivity (Wildman–Crippen MR) is 99.2 cm³/mol. The molecule has 0 unspecified atom stereocenters. The summed E-state index contributed by atoms with van der Waals surface area (Å²) in [5, 5.41) is 5.37. The number of likely N-dealkylation sites (N-methyl/N-ethyl adjacent to an activating group) is 1. The first kappa shape index (κ1) is 15.8. The van der Waals surface area contributed by atoms with Gasteiger partial charge in [0.2, 0.25) is 0 Å². The van der Waals surface area contributed by atoms with E-state index in [1.807, 2.05) is 42.5 Å². The van der Waals surface area contributed by atoms with Crippen LogP contribution in [0.4, 0.5) is 5.69 Å². The normalized spacial score (nSPS) is 11.1. The second kappa shape index (κ2) is 6.99. The van der Waals surface area contributed by atoms with Gasteiger partial charge in [0.15, 0.2) is 0 Å². The monoisotopic (exact) mass is 325 g/mol. The molecule has 3 rings (SSSR count). The molecule has 2 aromatic carbocycles. The van der Waals surface area contributed by atoms with E-state index in [0.717, 1.165) is 46.0 Å². The van der Waals surface area contributed by atoms with Crippen LogP contribution in [0.15, 0.2) is 54.6 Å². The van der Waals surface area contributed by atoms with Crippen LogP contribution in [0.5, 0.6) is 0 Å². The molecule has 1 N–H and O–H groups in total. The number of nitrogens with zero attached hydrogens (tertiary/aromatic N) is 2. The van der Waals surface area contributed by atoms with Crippen LogP contribution in [0.25, 0.3) is 22.2 Å². The molecule has 0 saturated heterocycles. The molecule has 3 nitrogen and oxygen atoms in total. The second-order valence-electron chi connectivity index (χ2n) is 5.78. The first-order valence-corrected chi connectivity index (χ1v) is 8.06. The lowest BCUT2D eigenvalue weighted by atomic mass is 10.1. The lowest BCUT2D eigenvalue weighted by Gasteiger charge is -2.15. The number of para-hydroxylation sites is 1. The van der Waals surface area contributed by atoms with Gasteiger partial charge in [0.25, 0.3) is 0 Å². The molecular formula is C19H20ClN3.